The molecule has 2 aromatic heterocycles. The van der Waals surface area contributed by atoms with Crippen LogP contribution in [0.4, 0.5) is 6.01 Å². The molecule has 0 spiro atoms. The number of hydrogen-bond acceptors (Lipinski definition) is 9. The Morgan fingerprint density at radius 1 is 1.16 bits per heavy atom. The molecule has 0 saturated carbocycles. The van der Waals surface area contributed by atoms with Crippen molar-refractivity contribution in [3.05, 3.63) is 99.8 Å². The SMILES string of the molecule is Cc1c(COc2c(Cl)ccc(OCc3cncc(C#N)c3)c2C=O)cccc1-c1ccc2oc(N3C[C@@H]4C[C@H]3CN4)nc2c1. The van der Waals surface area contributed by atoms with Gasteiger partial charge < -0.3 is 24.1 Å². The minimum Gasteiger partial charge on any atom is -0.488 e. The molecule has 0 amide bonds. The van der Waals surface area contributed by atoms with Gasteiger partial charge in [0, 0.05) is 43.1 Å². The first-order valence-electron chi connectivity index (χ1n) is 14.4. The van der Waals surface area contributed by atoms with E-state index in [4.69, 9.17) is 35.7 Å². The maximum atomic E-state index is 12.2. The quantitative estimate of drug-likeness (QED) is 0.195. The van der Waals surface area contributed by atoms with Crippen LogP contribution >= 0.6 is 11.6 Å². The van der Waals surface area contributed by atoms with Crippen LogP contribution in [0.5, 0.6) is 11.5 Å². The van der Waals surface area contributed by atoms with Gasteiger partial charge in [-0.15, -0.1) is 0 Å². The van der Waals surface area contributed by atoms with Gasteiger partial charge in [-0.2, -0.15) is 10.2 Å². The van der Waals surface area contributed by atoms with Gasteiger partial charge in [-0.25, -0.2) is 0 Å². The first-order chi connectivity index (χ1) is 21.5. The first-order valence-corrected chi connectivity index (χ1v) is 14.8. The Labute approximate surface area is 259 Å². The van der Waals surface area contributed by atoms with Gasteiger partial charge in [0.05, 0.1) is 16.1 Å². The van der Waals surface area contributed by atoms with Crippen molar-refractivity contribution in [2.75, 3.05) is 18.0 Å². The lowest BCUT2D eigenvalue weighted by atomic mass is 9.96. The van der Waals surface area contributed by atoms with Crippen molar-refractivity contribution < 1.29 is 18.7 Å². The molecule has 2 saturated heterocycles. The van der Waals surface area contributed by atoms with Crippen molar-refractivity contribution in [1.29, 1.82) is 5.26 Å². The number of aromatic nitrogens is 2. The highest BCUT2D eigenvalue weighted by molar-refractivity contribution is 6.32. The maximum Gasteiger partial charge on any atom is 0.298 e. The molecule has 2 bridgehead atoms. The zero-order chi connectivity index (χ0) is 30.2. The van der Waals surface area contributed by atoms with Crippen LogP contribution in [0.2, 0.25) is 5.02 Å². The van der Waals surface area contributed by atoms with E-state index in [0.29, 0.717) is 46.3 Å². The number of halogens is 1. The highest BCUT2D eigenvalue weighted by Crippen LogP contribution is 2.37. The van der Waals surface area contributed by atoms with Crippen LogP contribution in [0.15, 0.2) is 71.4 Å². The number of nitrogens with one attached hydrogen (secondary N) is 1. The Hall–Kier alpha value is -4.91. The molecule has 220 valence electrons. The number of ether oxygens (including phenoxy) is 2. The van der Waals surface area contributed by atoms with Crippen molar-refractivity contribution in [2.24, 2.45) is 0 Å². The molecule has 0 aliphatic carbocycles. The molecule has 2 aliphatic rings. The summed E-state index contributed by atoms with van der Waals surface area (Å²) in [7, 11) is 0. The van der Waals surface area contributed by atoms with Gasteiger partial charge in [0.2, 0.25) is 0 Å². The summed E-state index contributed by atoms with van der Waals surface area (Å²) < 4.78 is 18.2. The number of carbonyl (C=O) groups excluding carboxylic acids is 1. The average Bonchev–Trinajstić information content (AvgIpc) is 3.80. The van der Waals surface area contributed by atoms with Gasteiger partial charge in [-0.05, 0) is 65.9 Å². The second-order valence-corrected chi connectivity index (χ2v) is 11.5. The number of pyridine rings is 1. The number of aldehydes is 1. The molecule has 4 heterocycles. The van der Waals surface area contributed by atoms with E-state index in [1.54, 1.807) is 24.4 Å². The van der Waals surface area contributed by atoms with Crippen LogP contribution in [0.1, 0.15) is 39.0 Å². The molecule has 2 fully saturated rings. The molecule has 44 heavy (non-hydrogen) atoms. The maximum absolute atomic E-state index is 12.2. The van der Waals surface area contributed by atoms with Crippen LogP contribution in [0.25, 0.3) is 22.2 Å². The number of rotatable bonds is 9. The lowest BCUT2D eigenvalue weighted by Crippen LogP contribution is -2.43. The Bertz CT molecular complexity index is 1930. The van der Waals surface area contributed by atoms with Gasteiger partial charge in [-0.3, -0.25) is 9.78 Å². The monoisotopic (exact) mass is 605 g/mol. The van der Waals surface area contributed by atoms with E-state index in [0.717, 1.165) is 52.9 Å². The summed E-state index contributed by atoms with van der Waals surface area (Å²) in [5.41, 5.74) is 7.00. The number of benzene rings is 3. The van der Waals surface area contributed by atoms with Crippen molar-refractivity contribution >= 4 is 35.0 Å². The molecule has 2 aliphatic heterocycles. The summed E-state index contributed by atoms with van der Waals surface area (Å²) in [5.74, 6) is 0.570. The highest BCUT2D eigenvalue weighted by Gasteiger charge is 2.39. The lowest BCUT2D eigenvalue weighted by molar-refractivity contribution is 0.111. The normalized spacial score (nSPS) is 17.2. The standard InChI is InChI=1S/C34H28ClN5O4/c1-20-24(19-43-33-28(17-41)31(8-6-29(33)35)42-18-22-9-21(12-36)13-37-14-22)3-2-4-27(20)23-5-7-32-30(10-23)39-34(44-32)40-16-25-11-26(40)15-38-25/h2-10,13-14,17,25-26,38H,11,15-16,18-19H2,1H3/t25-,26-/m0/s1. The third kappa shape index (κ3) is 5.23. The second kappa shape index (κ2) is 11.6. The van der Waals surface area contributed by atoms with Gasteiger partial charge in [0.15, 0.2) is 17.6 Å². The Kier molecular flexibility index (Phi) is 7.38. The molecule has 0 radical (unpaired) electrons. The predicted molar refractivity (Wildman–Crippen MR) is 166 cm³/mol. The van der Waals surface area contributed by atoms with Crippen molar-refractivity contribution in [3.63, 3.8) is 0 Å². The predicted octanol–water partition coefficient (Wildman–Crippen LogP) is 6.24. The first kappa shape index (κ1) is 27.9. The molecule has 1 N–H and O–H groups in total. The molecule has 3 aromatic carbocycles. The van der Waals surface area contributed by atoms with Crippen LogP contribution in [0, 0.1) is 18.3 Å². The van der Waals surface area contributed by atoms with Crippen LogP contribution in [-0.2, 0) is 13.2 Å². The van der Waals surface area contributed by atoms with E-state index in [2.05, 4.69) is 33.4 Å². The number of anilines is 1. The zero-order valence-corrected chi connectivity index (χ0v) is 24.7. The highest BCUT2D eigenvalue weighted by atomic mass is 35.5. The van der Waals surface area contributed by atoms with E-state index in [-0.39, 0.29) is 24.5 Å². The van der Waals surface area contributed by atoms with Crippen LogP contribution in [0.3, 0.4) is 0 Å². The van der Waals surface area contributed by atoms with E-state index in [1.165, 1.54) is 6.20 Å². The van der Waals surface area contributed by atoms with E-state index >= 15 is 0 Å². The fourth-order valence-electron chi connectivity index (χ4n) is 6.03. The van der Waals surface area contributed by atoms with Gasteiger partial charge in [0.1, 0.15) is 30.5 Å². The Morgan fingerprint density at radius 3 is 2.86 bits per heavy atom. The molecule has 10 heteroatoms. The molecule has 7 rings (SSSR count). The Morgan fingerprint density at radius 2 is 2.07 bits per heavy atom. The summed E-state index contributed by atoms with van der Waals surface area (Å²) >= 11 is 6.49. The molecule has 2 atom stereocenters. The Balaban J connectivity index is 1.10. The van der Waals surface area contributed by atoms with Gasteiger partial charge in [0.25, 0.3) is 6.01 Å². The molecule has 0 unspecified atom stereocenters. The molecule has 5 aromatic rings. The van der Waals surface area contributed by atoms with Crippen LogP contribution in [-0.4, -0.2) is 41.4 Å². The second-order valence-electron chi connectivity index (χ2n) is 11.1. The number of fused-ring (bicyclic) bond motifs is 3. The largest absolute Gasteiger partial charge is 0.488 e. The minimum absolute atomic E-state index is 0.124. The summed E-state index contributed by atoms with van der Waals surface area (Å²) in [6.07, 6.45) is 4.89. The number of nitrogens with zero attached hydrogens (tertiary/aromatic N) is 4. The zero-order valence-electron chi connectivity index (χ0n) is 23.9. The van der Waals surface area contributed by atoms with Gasteiger partial charge >= 0.3 is 0 Å². The topological polar surface area (TPSA) is 114 Å². The number of carbonyl (C=O) groups is 1. The molecular weight excluding hydrogens is 578 g/mol. The summed E-state index contributed by atoms with van der Waals surface area (Å²) in [6.45, 7) is 4.25. The number of oxazole rings is 1. The minimum atomic E-state index is 0.124. The number of hydrogen-bond donors (Lipinski definition) is 1. The fraction of sp³-hybridized carbons (Fsp3) is 0.235. The molecular formula is C34H28ClN5O4. The van der Waals surface area contributed by atoms with Crippen molar-refractivity contribution in [1.82, 2.24) is 15.3 Å². The number of nitriles is 1. The third-order valence-electron chi connectivity index (χ3n) is 8.35. The van der Waals surface area contributed by atoms with Crippen LogP contribution < -0.4 is 19.7 Å². The van der Waals surface area contributed by atoms with E-state index < -0.39 is 0 Å². The summed E-state index contributed by atoms with van der Waals surface area (Å²) in [5, 5.41) is 12.9. The number of piperazine rings is 1. The lowest BCUT2D eigenvalue weighted by Gasteiger charge is -2.25. The fourth-order valence-corrected chi connectivity index (χ4v) is 6.25. The van der Waals surface area contributed by atoms with Crippen molar-refractivity contribution in [3.8, 4) is 28.7 Å². The third-order valence-corrected chi connectivity index (χ3v) is 8.65. The molecule has 9 nitrogen and oxygen atoms in total. The average molecular weight is 606 g/mol. The van der Waals surface area contributed by atoms with E-state index in [1.807, 2.05) is 31.2 Å². The smallest absolute Gasteiger partial charge is 0.298 e. The summed E-state index contributed by atoms with van der Waals surface area (Å²) in [4.78, 5) is 23.3. The van der Waals surface area contributed by atoms with E-state index in [9.17, 15) is 4.79 Å². The van der Waals surface area contributed by atoms with Crippen molar-refractivity contribution in [2.45, 2.75) is 38.6 Å². The summed E-state index contributed by atoms with van der Waals surface area (Å²) in [6, 6.07) is 20.8. The van der Waals surface area contributed by atoms with Gasteiger partial charge in [-0.1, -0.05) is 35.9 Å².